The second-order valence-corrected chi connectivity index (χ2v) is 11.5. The number of hydrogen-bond acceptors (Lipinski definition) is 9. The molecule has 3 aliphatic rings. The molecule has 3 aliphatic heterocycles. The Kier molecular flexibility index (Phi) is 6.81. The van der Waals surface area contributed by atoms with Gasteiger partial charge in [-0.05, 0) is 38.8 Å². The highest BCUT2D eigenvalue weighted by molar-refractivity contribution is 5.98. The van der Waals surface area contributed by atoms with Crippen molar-refractivity contribution in [2.45, 2.75) is 63.3 Å². The van der Waals surface area contributed by atoms with Crippen LogP contribution in [0.1, 0.15) is 31.4 Å². The number of nitrogen functional groups attached to an aromatic ring is 1. The highest BCUT2D eigenvalue weighted by atomic mass is 19.4. The maximum Gasteiger partial charge on any atom is 0.427 e. The van der Waals surface area contributed by atoms with Crippen molar-refractivity contribution in [1.82, 2.24) is 20.3 Å². The first-order valence-corrected chi connectivity index (χ1v) is 13.7. The van der Waals surface area contributed by atoms with Crippen molar-refractivity contribution >= 4 is 28.4 Å². The summed E-state index contributed by atoms with van der Waals surface area (Å²) in [6.07, 6.45) is -12.3. The lowest BCUT2D eigenvalue weighted by molar-refractivity contribution is -0.203. The summed E-state index contributed by atoms with van der Waals surface area (Å²) >= 11 is 0. The Hall–Kier alpha value is -3.73. The van der Waals surface area contributed by atoms with Crippen molar-refractivity contribution < 1.29 is 45.0 Å². The molecule has 6 rings (SSSR count). The summed E-state index contributed by atoms with van der Waals surface area (Å²) in [6.45, 7) is 4.16. The summed E-state index contributed by atoms with van der Waals surface area (Å²) < 4.78 is 123. The van der Waals surface area contributed by atoms with Gasteiger partial charge in [0, 0.05) is 31.2 Å². The van der Waals surface area contributed by atoms with Gasteiger partial charge in [-0.15, -0.1) is 0 Å². The number of pyridine rings is 1. The third kappa shape index (κ3) is 4.45. The number of rotatable bonds is 3. The highest BCUT2D eigenvalue weighted by Crippen LogP contribution is 2.48. The number of aromatic nitrogens is 3. The molecule has 2 saturated heterocycles. The lowest BCUT2D eigenvalue weighted by atomic mass is 9.88. The van der Waals surface area contributed by atoms with E-state index in [1.165, 1.54) is 16.7 Å². The molecule has 5 heterocycles. The van der Waals surface area contributed by atoms with Gasteiger partial charge in [0.15, 0.2) is 5.82 Å². The van der Waals surface area contributed by atoms with E-state index in [1.54, 1.807) is 6.92 Å². The summed E-state index contributed by atoms with van der Waals surface area (Å²) in [7, 11) is 0. The van der Waals surface area contributed by atoms with Gasteiger partial charge in [0.2, 0.25) is 17.9 Å². The molecule has 0 aliphatic carbocycles. The van der Waals surface area contributed by atoms with Crippen LogP contribution in [0.5, 0.6) is 5.88 Å². The fraction of sp³-hybridized carbons (Fsp3) is 0.519. The first kappa shape index (κ1) is 30.3. The van der Waals surface area contributed by atoms with Crippen LogP contribution in [0.4, 0.5) is 52.6 Å². The van der Waals surface area contributed by atoms with Crippen LogP contribution < -0.4 is 25.6 Å². The number of piperazine rings is 1. The lowest BCUT2D eigenvalue weighted by Gasteiger charge is -2.50. The Labute approximate surface area is 245 Å². The van der Waals surface area contributed by atoms with Gasteiger partial charge in [0.1, 0.15) is 28.2 Å². The largest absolute Gasteiger partial charge is 0.462 e. The van der Waals surface area contributed by atoms with Crippen molar-refractivity contribution in [3.8, 4) is 17.1 Å². The Morgan fingerprint density at radius 2 is 1.82 bits per heavy atom. The van der Waals surface area contributed by atoms with E-state index in [0.717, 1.165) is 6.92 Å². The standard InChI is InChI=1S/C27H27F8N7O2/c1-10-15(26(30,31)32)12(8-13(36)16(10)28)18-17(29)19-14-22(40-24(39-19)42-6-4-25(42,3)9-43)41-7-5-37-11(2)20(41)21(27(33,34)35)44-23(14)38-18/h8,11,20-21,37,43H,4-7,9,36H2,1-3H3/t11-,20?,21?,25-/m0/s1. The van der Waals surface area contributed by atoms with Gasteiger partial charge in [-0.25, -0.2) is 18.7 Å². The number of anilines is 3. The zero-order valence-electron chi connectivity index (χ0n) is 23.5. The average Bonchev–Trinajstić information content (AvgIpc) is 3.07. The summed E-state index contributed by atoms with van der Waals surface area (Å²) in [5.41, 5.74) is -1.30. The zero-order valence-corrected chi connectivity index (χ0v) is 23.5. The van der Waals surface area contributed by atoms with Gasteiger partial charge in [0.05, 0.1) is 29.4 Å². The van der Waals surface area contributed by atoms with E-state index in [2.05, 4.69) is 20.3 Å². The van der Waals surface area contributed by atoms with E-state index in [9.17, 15) is 35.8 Å². The van der Waals surface area contributed by atoms with Crippen molar-refractivity contribution in [2.75, 3.05) is 41.8 Å². The molecule has 238 valence electrons. The van der Waals surface area contributed by atoms with Gasteiger partial charge in [-0.2, -0.15) is 31.3 Å². The van der Waals surface area contributed by atoms with Crippen LogP contribution in [0, 0.1) is 18.6 Å². The Balaban J connectivity index is 1.72. The summed E-state index contributed by atoms with van der Waals surface area (Å²) in [6, 6.07) is -1.74. The van der Waals surface area contributed by atoms with Crippen LogP contribution >= 0.6 is 0 Å². The Morgan fingerprint density at radius 1 is 1.11 bits per heavy atom. The summed E-state index contributed by atoms with van der Waals surface area (Å²) in [5, 5.41) is 12.6. The molecule has 0 radical (unpaired) electrons. The second-order valence-electron chi connectivity index (χ2n) is 11.5. The minimum atomic E-state index is -5.23. The monoisotopic (exact) mass is 633 g/mol. The smallest absolute Gasteiger partial charge is 0.427 e. The zero-order chi connectivity index (χ0) is 32.1. The lowest BCUT2D eigenvalue weighted by Crippen LogP contribution is -2.65. The molecule has 2 fully saturated rings. The van der Waals surface area contributed by atoms with Crippen molar-refractivity contribution in [2.24, 2.45) is 0 Å². The molecule has 0 saturated carbocycles. The van der Waals surface area contributed by atoms with Crippen molar-refractivity contribution in [1.29, 1.82) is 0 Å². The number of nitrogens with two attached hydrogens (primary N) is 1. The Bertz CT molecular complexity index is 1660. The fourth-order valence-electron chi connectivity index (χ4n) is 6.26. The van der Waals surface area contributed by atoms with Crippen LogP contribution in [0.25, 0.3) is 22.2 Å². The van der Waals surface area contributed by atoms with E-state index in [-0.39, 0.29) is 36.8 Å². The van der Waals surface area contributed by atoms with Crippen LogP contribution in [0.2, 0.25) is 0 Å². The molecular weight excluding hydrogens is 606 g/mol. The summed E-state index contributed by atoms with van der Waals surface area (Å²) in [4.78, 5) is 15.5. The van der Waals surface area contributed by atoms with Crippen LogP contribution in [0.15, 0.2) is 6.07 Å². The predicted octanol–water partition coefficient (Wildman–Crippen LogP) is 4.33. The van der Waals surface area contributed by atoms with Gasteiger partial charge in [0.25, 0.3) is 0 Å². The van der Waals surface area contributed by atoms with Crippen molar-refractivity contribution in [3.63, 3.8) is 0 Å². The normalized spacial score (nSPS) is 25.4. The highest BCUT2D eigenvalue weighted by Gasteiger charge is 2.55. The number of hydrogen-bond donors (Lipinski definition) is 3. The summed E-state index contributed by atoms with van der Waals surface area (Å²) in [5.74, 6) is -3.96. The molecule has 44 heavy (non-hydrogen) atoms. The molecule has 0 amide bonds. The first-order chi connectivity index (χ1) is 20.5. The number of nitrogens with zero attached hydrogens (tertiary/aromatic N) is 5. The van der Waals surface area contributed by atoms with E-state index >= 15 is 4.39 Å². The topological polar surface area (TPSA) is 113 Å². The maximum absolute atomic E-state index is 16.6. The van der Waals surface area contributed by atoms with Crippen LogP contribution in [-0.2, 0) is 6.18 Å². The van der Waals surface area contributed by atoms with Crippen molar-refractivity contribution in [3.05, 3.63) is 28.8 Å². The van der Waals surface area contributed by atoms with Gasteiger partial charge >= 0.3 is 12.4 Å². The minimum Gasteiger partial charge on any atom is -0.462 e. The molecular formula is C27H27F8N7O2. The molecule has 1 aromatic carbocycles. The number of aliphatic hydroxyl groups is 1. The molecule has 9 nitrogen and oxygen atoms in total. The maximum atomic E-state index is 16.6. The number of halogens is 8. The van der Waals surface area contributed by atoms with Gasteiger partial charge in [-0.3, -0.25) is 0 Å². The van der Waals surface area contributed by atoms with Crippen LogP contribution in [-0.4, -0.2) is 76.2 Å². The molecule has 0 spiro atoms. The molecule has 17 heteroatoms. The number of nitrogens with one attached hydrogen (secondary N) is 1. The van der Waals surface area contributed by atoms with Crippen LogP contribution in [0.3, 0.4) is 0 Å². The minimum absolute atomic E-state index is 0.0114. The molecule has 3 aromatic rings. The fourth-order valence-corrected chi connectivity index (χ4v) is 6.26. The number of fused-ring (bicyclic) bond motifs is 2. The average molecular weight is 634 g/mol. The number of ether oxygens (including phenoxy) is 1. The number of aliphatic hydroxyl groups excluding tert-OH is 1. The number of alkyl halides is 6. The molecule has 4 atom stereocenters. The van der Waals surface area contributed by atoms with Gasteiger partial charge in [-0.1, -0.05) is 0 Å². The van der Waals surface area contributed by atoms with E-state index < -0.39 is 87.2 Å². The van der Waals surface area contributed by atoms with E-state index in [1.807, 2.05) is 0 Å². The van der Waals surface area contributed by atoms with E-state index in [0.29, 0.717) is 19.0 Å². The molecule has 2 aromatic heterocycles. The molecule has 0 bridgehead atoms. The second kappa shape index (κ2) is 9.89. The quantitative estimate of drug-likeness (QED) is 0.287. The molecule has 4 N–H and O–H groups in total. The third-order valence-corrected chi connectivity index (χ3v) is 8.73. The third-order valence-electron chi connectivity index (χ3n) is 8.73. The van der Waals surface area contributed by atoms with E-state index in [4.69, 9.17) is 10.5 Å². The SMILES string of the molecule is Cc1c(F)c(N)cc(-c2nc3c4c(nc(N5CC[C@@]5(C)CO)nc4c2F)N2CCN[C@@H](C)C2C(C(F)(F)F)O3)c1C(F)(F)F. The predicted molar refractivity (Wildman–Crippen MR) is 143 cm³/mol. The Morgan fingerprint density at radius 3 is 2.41 bits per heavy atom. The van der Waals surface area contributed by atoms with Gasteiger partial charge < -0.3 is 30.7 Å². The molecule has 2 unspecified atom stereocenters. The number of benzene rings is 1. The first-order valence-electron chi connectivity index (χ1n) is 13.7.